The molecule has 5 heteroatoms. The van der Waals surface area contributed by atoms with E-state index in [-0.39, 0.29) is 5.56 Å². The fourth-order valence-electron chi connectivity index (χ4n) is 2.93. The lowest BCUT2D eigenvalue weighted by Gasteiger charge is -2.33. The lowest BCUT2D eigenvalue weighted by atomic mass is 9.79. The summed E-state index contributed by atoms with van der Waals surface area (Å²) in [4.78, 5) is 12.3. The number of anilines is 1. The van der Waals surface area contributed by atoms with E-state index in [4.69, 9.17) is 0 Å². The van der Waals surface area contributed by atoms with Crippen molar-refractivity contribution in [3.63, 3.8) is 0 Å². The third-order valence-electron chi connectivity index (χ3n) is 4.67. The first-order chi connectivity index (χ1) is 10.0. The van der Waals surface area contributed by atoms with Crippen molar-refractivity contribution in [2.24, 2.45) is 11.8 Å². The predicted molar refractivity (Wildman–Crippen MR) is 90.7 cm³/mol. The van der Waals surface area contributed by atoms with Gasteiger partial charge in [-0.25, -0.2) is 4.68 Å². The lowest BCUT2D eigenvalue weighted by molar-refractivity contribution is 0.261. The number of rotatable bonds is 5. The van der Waals surface area contributed by atoms with Crippen LogP contribution < -0.4 is 10.9 Å². The minimum Gasteiger partial charge on any atom is -0.380 e. The Kier molecular flexibility index (Phi) is 5.85. The standard InChI is InChI=1S/C16H26BrN3O/c1-4-5-8-20-16(21)15(17)14(10-18-20)19-13-7-6-11(2)12(3)9-13/h10-13,19H,4-9H2,1-3H3. The molecule has 2 rings (SSSR count). The van der Waals surface area contributed by atoms with Gasteiger partial charge in [-0.1, -0.05) is 27.2 Å². The van der Waals surface area contributed by atoms with E-state index in [2.05, 4.69) is 47.1 Å². The Bertz CT molecular complexity index is 529. The van der Waals surface area contributed by atoms with E-state index >= 15 is 0 Å². The summed E-state index contributed by atoms with van der Waals surface area (Å²) in [5, 5.41) is 7.79. The molecule has 1 N–H and O–H groups in total. The molecule has 0 bridgehead atoms. The summed E-state index contributed by atoms with van der Waals surface area (Å²) in [7, 11) is 0. The van der Waals surface area contributed by atoms with Crippen LogP contribution in [-0.2, 0) is 6.54 Å². The molecular formula is C16H26BrN3O. The molecule has 4 nitrogen and oxygen atoms in total. The molecule has 0 spiro atoms. The fraction of sp³-hybridized carbons (Fsp3) is 0.750. The number of hydrogen-bond donors (Lipinski definition) is 1. The highest BCUT2D eigenvalue weighted by Crippen LogP contribution is 2.31. The molecule has 0 amide bonds. The molecule has 118 valence electrons. The third kappa shape index (κ3) is 4.09. The molecule has 1 heterocycles. The van der Waals surface area contributed by atoms with E-state index in [1.807, 2.05) is 0 Å². The molecule has 0 saturated heterocycles. The maximum absolute atomic E-state index is 12.3. The van der Waals surface area contributed by atoms with Crippen molar-refractivity contribution >= 4 is 21.6 Å². The van der Waals surface area contributed by atoms with Gasteiger partial charge in [0.25, 0.3) is 5.56 Å². The molecule has 1 aliphatic carbocycles. The molecule has 0 aromatic carbocycles. The highest BCUT2D eigenvalue weighted by molar-refractivity contribution is 9.10. The zero-order chi connectivity index (χ0) is 15.4. The zero-order valence-corrected chi connectivity index (χ0v) is 14.8. The number of unbranched alkanes of at least 4 members (excludes halogenated alkanes) is 1. The highest BCUT2D eigenvalue weighted by atomic mass is 79.9. The predicted octanol–water partition coefficient (Wildman–Crippen LogP) is 4.04. The van der Waals surface area contributed by atoms with Gasteiger partial charge in [0.2, 0.25) is 0 Å². The van der Waals surface area contributed by atoms with Gasteiger partial charge >= 0.3 is 0 Å². The average molecular weight is 356 g/mol. The summed E-state index contributed by atoms with van der Waals surface area (Å²) < 4.78 is 2.16. The number of nitrogens with zero attached hydrogens (tertiary/aromatic N) is 2. The van der Waals surface area contributed by atoms with Gasteiger partial charge in [-0.3, -0.25) is 4.79 Å². The summed E-state index contributed by atoms with van der Waals surface area (Å²) in [5.41, 5.74) is 0.796. The summed E-state index contributed by atoms with van der Waals surface area (Å²) in [6, 6.07) is 0.445. The number of nitrogens with one attached hydrogen (secondary N) is 1. The summed E-state index contributed by atoms with van der Waals surface area (Å²) in [5.74, 6) is 1.53. The lowest BCUT2D eigenvalue weighted by Crippen LogP contribution is -2.32. The van der Waals surface area contributed by atoms with Crippen LogP contribution in [0, 0.1) is 11.8 Å². The summed E-state index contributed by atoms with van der Waals surface area (Å²) in [6.45, 7) is 7.44. The van der Waals surface area contributed by atoms with Crippen molar-refractivity contribution < 1.29 is 0 Å². The van der Waals surface area contributed by atoms with Crippen LogP contribution in [0.2, 0.25) is 0 Å². The molecule has 1 aliphatic rings. The third-order valence-corrected chi connectivity index (χ3v) is 5.43. The Labute approximate surface area is 135 Å². The van der Waals surface area contributed by atoms with Crippen LogP contribution >= 0.6 is 15.9 Å². The van der Waals surface area contributed by atoms with E-state index in [9.17, 15) is 4.79 Å². The van der Waals surface area contributed by atoms with Crippen molar-refractivity contribution in [2.75, 3.05) is 5.32 Å². The molecule has 3 unspecified atom stereocenters. The molecular weight excluding hydrogens is 330 g/mol. The first-order valence-corrected chi connectivity index (χ1v) is 8.84. The van der Waals surface area contributed by atoms with Crippen LogP contribution in [0.1, 0.15) is 52.9 Å². The van der Waals surface area contributed by atoms with Gasteiger partial charge in [-0.05, 0) is 53.4 Å². The minimum absolute atomic E-state index is 0.0364. The smallest absolute Gasteiger partial charge is 0.283 e. The second-order valence-corrected chi connectivity index (χ2v) is 7.16. The molecule has 21 heavy (non-hydrogen) atoms. The molecule has 1 aromatic rings. The second-order valence-electron chi connectivity index (χ2n) is 6.36. The van der Waals surface area contributed by atoms with Crippen LogP contribution in [0.25, 0.3) is 0 Å². The average Bonchev–Trinajstić information content (AvgIpc) is 2.47. The van der Waals surface area contributed by atoms with Gasteiger partial charge in [0.15, 0.2) is 0 Å². The van der Waals surface area contributed by atoms with Crippen molar-refractivity contribution in [2.45, 2.75) is 65.5 Å². The monoisotopic (exact) mass is 355 g/mol. The summed E-state index contributed by atoms with van der Waals surface area (Å²) in [6.07, 6.45) is 7.39. The van der Waals surface area contributed by atoms with Crippen LogP contribution in [0.5, 0.6) is 0 Å². The number of aryl methyl sites for hydroxylation is 1. The van der Waals surface area contributed by atoms with Crippen LogP contribution in [0.4, 0.5) is 5.69 Å². The number of hydrogen-bond acceptors (Lipinski definition) is 3. The van der Waals surface area contributed by atoms with Crippen molar-refractivity contribution in [3.8, 4) is 0 Å². The first kappa shape index (κ1) is 16.5. The largest absolute Gasteiger partial charge is 0.380 e. The van der Waals surface area contributed by atoms with Gasteiger partial charge < -0.3 is 5.32 Å². The Morgan fingerprint density at radius 3 is 2.81 bits per heavy atom. The Balaban J connectivity index is 2.07. The zero-order valence-electron chi connectivity index (χ0n) is 13.2. The second kappa shape index (κ2) is 7.43. The van der Waals surface area contributed by atoms with E-state index < -0.39 is 0 Å². The maximum atomic E-state index is 12.3. The number of halogens is 1. The van der Waals surface area contributed by atoms with E-state index in [1.165, 1.54) is 6.42 Å². The van der Waals surface area contributed by atoms with Crippen LogP contribution in [0.3, 0.4) is 0 Å². The van der Waals surface area contributed by atoms with Gasteiger partial charge in [-0.2, -0.15) is 5.10 Å². The normalized spacial score (nSPS) is 25.8. The fourth-order valence-corrected chi connectivity index (χ4v) is 3.35. The van der Waals surface area contributed by atoms with Gasteiger partial charge in [-0.15, -0.1) is 0 Å². The number of aromatic nitrogens is 2. The minimum atomic E-state index is -0.0364. The molecule has 3 atom stereocenters. The SMILES string of the molecule is CCCCn1ncc(NC2CCC(C)C(C)C2)c(Br)c1=O. The van der Waals surface area contributed by atoms with Gasteiger partial charge in [0, 0.05) is 12.6 Å². The Morgan fingerprint density at radius 2 is 2.14 bits per heavy atom. The Hall–Kier alpha value is -0.840. The molecule has 1 aromatic heterocycles. The van der Waals surface area contributed by atoms with Crippen molar-refractivity contribution in [1.82, 2.24) is 9.78 Å². The van der Waals surface area contributed by atoms with Gasteiger partial charge in [0.05, 0.1) is 11.9 Å². The summed E-state index contributed by atoms with van der Waals surface area (Å²) >= 11 is 3.44. The maximum Gasteiger partial charge on any atom is 0.283 e. The molecule has 1 fully saturated rings. The van der Waals surface area contributed by atoms with Gasteiger partial charge in [0.1, 0.15) is 4.47 Å². The van der Waals surface area contributed by atoms with E-state index in [0.717, 1.165) is 43.2 Å². The van der Waals surface area contributed by atoms with Crippen LogP contribution in [-0.4, -0.2) is 15.8 Å². The Morgan fingerprint density at radius 1 is 1.38 bits per heavy atom. The van der Waals surface area contributed by atoms with E-state index in [1.54, 1.807) is 10.9 Å². The van der Waals surface area contributed by atoms with Crippen molar-refractivity contribution in [3.05, 3.63) is 21.0 Å². The molecule has 0 radical (unpaired) electrons. The molecule has 1 saturated carbocycles. The van der Waals surface area contributed by atoms with Crippen molar-refractivity contribution in [1.29, 1.82) is 0 Å². The topological polar surface area (TPSA) is 46.9 Å². The first-order valence-electron chi connectivity index (χ1n) is 8.05. The quantitative estimate of drug-likeness (QED) is 0.866. The van der Waals surface area contributed by atoms with Crippen LogP contribution in [0.15, 0.2) is 15.5 Å². The van der Waals surface area contributed by atoms with E-state index in [0.29, 0.717) is 17.1 Å². The highest BCUT2D eigenvalue weighted by Gasteiger charge is 2.25. The molecule has 0 aliphatic heterocycles.